The van der Waals surface area contributed by atoms with Gasteiger partial charge in [0.2, 0.25) is 5.91 Å². The second kappa shape index (κ2) is 8.26. The standard InChI is InChI=1S/C14H21N3O2/c15-9-8-11-5-1-2-6-12(11)14(19)17-10-4-3-7-13(16)18/h1-2,5-6H,3-4,7-10,15H2,(H2,16,18)(H,17,19). The second-order valence-corrected chi connectivity index (χ2v) is 4.38. The Labute approximate surface area is 113 Å². The predicted molar refractivity (Wildman–Crippen MR) is 74.6 cm³/mol. The molecule has 0 heterocycles. The highest BCUT2D eigenvalue weighted by Gasteiger charge is 2.09. The lowest BCUT2D eigenvalue weighted by Crippen LogP contribution is -2.26. The Morgan fingerprint density at radius 2 is 1.89 bits per heavy atom. The minimum absolute atomic E-state index is 0.0943. The Kier molecular flexibility index (Phi) is 6.60. The Hall–Kier alpha value is -1.88. The van der Waals surface area contributed by atoms with Crippen LogP contribution in [0.3, 0.4) is 0 Å². The van der Waals surface area contributed by atoms with Gasteiger partial charge in [-0.25, -0.2) is 0 Å². The lowest BCUT2D eigenvalue weighted by molar-refractivity contribution is -0.118. The molecule has 0 bridgehead atoms. The van der Waals surface area contributed by atoms with Gasteiger partial charge in [-0.2, -0.15) is 0 Å². The number of nitrogens with one attached hydrogen (secondary N) is 1. The van der Waals surface area contributed by atoms with Gasteiger partial charge in [0.25, 0.3) is 5.91 Å². The normalized spacial score (nSPS) is 10.2. The molecule has 0 aliphatic heterocycles. The number of carbonyl (C=O) groups excluding carboxylic acids is 2. The van der Waals surface area contributed by atoms with Crippen LogP contribution in [-0.4, -0.2) is 24.9 Å². The first-order valence-electron chi connectivity index (χ1n) is 6.49. The summed E-state index contributed by atoms with van der Waals surface area (Å²) in [5.41, 5.74) is 12.2. The zero-order valence-corrected chi connectivity index (χ0v) is 11.0. The van der Waals surface area contributed by atoms with Crippen LogP contribution in [0.2, 0.25) is 0 Å². The lowest BCUT2D eigenvalue weighted by atomic mass is 10.0. The summed E-state index contributed by atoms with van der Waals surface area (Å²) < 4.78 is 0. The Morgan fingerprint density at radius 3 is 2.58 bits per heavy atom. The van der Waals surface area contributed by atoms with Gasteiger partial charge in [0.05, 0.1) is 0 Å². The lowest BCUT2D eigenvalue weighted by Gasteiger charge is -2.09. The predicted octanol–water partition coefficient (Wildman–Crippen LogP) is 0.573. The van der Waals surface area contributed by atoms with E-state index >= 15 is 0 Å². The van der Waals surface area contributed by atoms with Gasteiger partial charge in [-0.3, -0.25) is 9.59 Å². The van der Waals surface area contributed by atoms with E-state index in [1.165, 1.54) is 0 Å². The highest BCUT2D eigenvalue weighted by molar-refractivity contribution is 5.95. The molecule has 1 aromatic carbocycles. The van der Waals surface area contributed by atoms with Gasteiger partial charge in [-0.05, 0) is 37.4 Å². The van der Waals surface area contributed by atoms with Crippen LogP contribution in [0.4, 0.5) is 0 Å². The highest BCUT2D eigenvalue weighted by atomic mass is 16.2. The number of hydrogen-bond acceptors (Lipinski definition) is 3. The molecule has 0 spiro atoms. The van der Waals surface area contributed by atoms with Crippen LogP contribution in [0, 0.1) is 0 Å². The zero-order chi connectivity index (χ0) is 14.1. The molecule has 0 saturated carbocycles. The zero-order valence-electron chi connectivity index (χ0n) is 11.0. The molecule has 1 rings (SSSR count). The van der Waals surface area contributed by atoms with Crippen molar-refractivity contribution < 1.29 is 9.59 Å². The van der Waals surface area contributed by atoms with Crippen molar-refractivity contribution in [2.75, 3.05) is 13.1 Å². The molecule has 0 aliphatic carbocycles. The quantitative estimate of drug-likeness (QED) is 0.598. The summed E-state index contributed by atoms with van der Waals surface area (Å²) in [6.07, 6.45) is 2.48. The SMILES string of the molecule is NCCc1ccccc1C(=O)NCCCCC(N)=O. The molecule has 1 aromatic rings. The molecule has 19 heavy (non-hydrogen) atoms. The first kappa shape index (κ1) is 15.2. The minimum atomic E-state index is -0.306. The van der Waals surface area contributed by atoms with Crippen LogP contribution in [0.25, 0.3) is 0 Å². The number of unbranched alkanes of at least 4 members (excludes halogenated alkanes) is 1. The van der Waals surface area contributed by atoms with E-state index in [0.717, 1.165) is 12.0 Å². The van der Waals surface area contributed by atoms with Gasteiger partial charge in [-0.1, -0.05) is 18.2 Å². The number of amides is 2. The smallest absolute Gasteiger partial charge is 0.251 e. The molecule has 5 nitrogen and oxygen atoms in total. The fourth-order valence-electron chi connectivity index (χ4n) is 1.84. The van der Waals surface area contributed by atoms with Crippen LogP contribution in [-0.2, 0) is 11.2 Å². The van der Waals surface area contributed by atoms with Gasteiger partial charge in [0, 0.05) is 18.5 Å². The maximum absolute atomic E-state index is 12.0. The van der Waals surface area contributed by atoms with Gasteiger partial charge in [0.1, 0.15) is 0 Å². The molecule has 0 fully saturated rings. The number of hydrogen-bond donors (Lipinski definition) is 3. The molecule has 0 aliphatic rings. The van der Waals surface area contributed by atoms with Crippen molar-refractivity contribution in [1.82, 2.24) is 5.32 Å². The summed E-state index contributed by atoms with van der Waals surface area (Å²) in [4.78, 5) is 22.6. The molecule has 0 aromatic heterocycles. The van der Waals surface area contributed by atoms with Crippen LogP contribution < -0.4 is 16.8 Å². The summed E-state index contributed by atoms with van der Waals surface area (Å²) in [7, 11) is 0. The molecule has 0 saturated heterocycles. The number of nitrogens with two attached hydrogens (primary N) is 2. The van der Waals surface area contributed by atoms with Crippen LogP contribution in [0.15, 0.2) is 24.3 Å². The third-order valence-electron chi connectivity index (χ3n) is 2.81. The molecule has 0 radical (unpaired) electrons. The first-order chi connectivity index (χ1) is 9.15. The molecular formula is C14H21N3O2. The molecule has 0 unspecified atom stereocenters. The van der Waals surface area contributed by atoms with E-state index in [1.54, 1.807) is 6.07 Å². The average molecular weight is 263 g/mol. The van der Waals surface area contributed by atoms with Gasteiger partial charge < -0.3 is 16.8 Å². The number of benzene rings is 1. The molecular weight excluding hydrogens is 242 g/mol. The van der Waals surface area contributed by atoms with Crippen molar-refractivity contribution in [1.29, 1.82) is 0 Å². The molecule has 104 valence electrons. The summed E-state index contributed by atoms with van der Waals surface area (Å²) in [6.45, 7) is 1.06. The molecule has 5 heteroatoms. The summed E-state index contributed by atoms with van der Waals surface area (Å²) in [5.74, 6) is -0.400. The van der Waals surface area contributed by atoms with E-state index in [1.807, 2.05) is 18.2 Å². The van der Waals surface area contributed by atoms with Crippen LogP contribution in [0.1, 0.15) is 35.2 Å². The molecule has 5 N–H and O–H groups in total. The summed E-state index contributed by atoms with van der Waals surface area (Å²) >= 11 is 0. The van der Waals surface area contributed by atoms with Crippen molar-refractivity contribution in [3.05, 3.63) is 35.4 Å². The summed E-state index contributed by atoms with van der Waals surface area (Å²) in [5, 5.41) is 2.84. The van der Waals surface area contributed by atoms with Gasteiger partial charge in [-0.15, -0.1) is 0 Å². The van der Waals surface area contributed by atoms with Crippen molar-refractivity contribution >= 4 is 11.8 Å². The monoisotopic (exact) mass is 263 g/mol. The topological polar surface area (TPSA) is 98.2 Å². The van der Waals surface area contributed by atoms with Crippen molar-refractivity contribution in [3.8, 4) is 0 Å². The Balaban J connectivity index is 2.43. The van der Waals surface area contributed by atoms with Crippen molar-refractivity contribution in [2.24, 2.45) is 11.5 Å². The largest absolute Gasteiger partial charge is 0.370 e. The molecule has 0 atom stereocenters. The number of primary amides is 1. The Bertz CT molecular complexity index is 432. The van der Waals surface area contributed by atoms with E-state index < -0.39 is 0 Å². The third kappa shape index (κ3) is 5.52. The number of rotatable bonds is 8. The maximum atomic E-state index is 12.0. The number of carbonyl (C=O) groups is 2. The Morgan fingerprint density at radius 1 is 1.16 bits per heavy atom. The van der Waals surface area contributed by atoms with E-state index in [0.29, 0.717) is 37.9 Å². The summed E-state index contributed by atoms with van der Waals surface area (Å²) in [6, 6.07) is 7.44. The second-order valence-electron chi connectivity index (χ2n) is 4.38. The first-order valence-corrected chi connectivity index (χ1v) is 6.49. The minimum Gasteiger partial charge on any atom is -0.370 e. The van der Waals surface area contributed by atoms with Crippen molar-refractivity contribution in [2.45, 2.75) is 25.7 Å². The van der Waals surface area contributed by atoms with E-state index in [2.05, 4.69) is 5.32 Å². The average Bonchev–Trinajstić information content (AvgIpc) is 2.39. The van der Waals surface area contributed by atoms with E-state index in [4.69, 9.17) is 11.5 Å². The molecule has 2 amide bonds. The fraction of sp³-hybridized carbons (Fsp3) is 0.429. The van der Waals surface area contributed by atoms with Crippen LogP contribution >= 0.6 is 0 Å². The highest BCUT2D eigenvalue weighted by Crippen LogP contribution is 2.09. The third-order valence-corrected chi connectivity index (χ3v) is 2.81. The van der Waals surface area contributed by atoms with Gasteiger partial charge in [0.15, 0.2) is 0 Å². The fourth-order valence-corrected chi connectivity index (χ4v) is 1.84. The maximum Gasteiger partial charge on any atom is 0.251 e. The van der Waals surface area contributed by atoms with Crippen LogP contribution in [0.5, 0.6) is 0 Å². The van der Waals surface area contributed by atoms with E-state index in [9.17, 15) is 9.59 Å². The van der Waals surface area contributed by atoms with Gasteiger partial charge >= 0.3 is 0 Å². The van der Waals surface area contributed by atoms with Crippen molar-refractivity contribution in [3.63, 3.8) is 0 Å². The van der Waals surface area contributed by atoms with E-state index in [-0.39, 0.29) is 11.8 Å².